The number of carbonyl (C=O) groups is 2. The predicted octanol–water partition coefficient (Wildman–Crippen LogP) is 0.895. The highest BCUT2D eigenvalue weighted by Crippen LogP contribution is 2.21. The average molecular weight is 278 g/mol. The highest BCUT2D eigenvalue weighted by atomic mass is 16.4. The Kier molecular flexibility index (Phi) is 4.07. The smallest absolute Gasteiger partial charge is 0.326 e. The van der Waals surface area contributed by atoms with Crippen LogP contribution >= 0.6 is 0 Å². The number of urea groups is 1. The van der Waals surface area contributed by atoms with Crippen molar-refractivity contribution >= 4 is 12.0 Å². The Morgan fingerprint density at radius 3 is 3.15 bits per heavy atom. The summed E-state index contributed by atoms with van der Waals surface area (Å²) in [6.07, 6.45) is 4.08. The summed E-state index contributed by atoms with van der Waals surface area (Å²) in [5.74, 6) is -1.02. The lowest BCUT2D eigenvalue weighted by atomic mass is 10.0. The maximum absolute atomic E-state index is 12.2. The molecule has 7 heteroatoms. The van der Waals surface area contributed by atoms with Gasteiger partial charge < -0.3 is 20.3 Å². The zero-order valence-electron chi connectivity index (χ0n) is 11.3. The van der Waals surface area contributed by atoms with Gasteiger partial charge >= 0.3 is 12.0 Å². The van der Waals surface area contributed by atoms with Crippen molar-refractivity contribution < 1.29 is 14.7 Å². The topological polar surface area (TPSA) is 98.3 Å². The number of aromatic nitrogens is 2. The second kappa shape index (κ2) is 5.77. The lowest BCUT2D eigenvalue weighted by molar-refractivity contribution is -0.142. The van der Waals surface area contributed by atoms with Gasteiger partial charge in [0.2, 0.25) is 0 Å². The maximum Gasteiger partial charge on any atom is 0.326 e. The lowest BCUT2D eigenvalue weighted by Gasteiger charge is -2.33. The molecule has 2 rings (SSSR count). The van der Waals surface area contributed by atoms with E-state index < -0.39 is 12.0 Å². The van der Waals surface area contributed by atoms with Crippen molar-refractivity contribution in [1.29, 1.82) is 0 Å². The molecule has 3 N–H and O–H groups in total. The zero-order chi connectivity index (χ0) is 14.7. The summed E-state index contributed by atoms with van der Waals surface area (Å²) in [5.41, 5.74) is 1.50. The average Bonchev–Trinajstić information content (AvgIpc) is 2.84. The van der Waals surface area contributed by atoms with E-state index in [1.54, 1.807) is 6.08 Å². The minimum absolute atomic E-state index is 0.0855. The van der Waals surface area contributed by atoms with Crippen molar-refractivity contribution in [3.63, 3.8) is 0 Å². The van der Waals surface area contributed by atoms with E-state index in [0.717, 1.165) is 5.69 Å². The monoisotopic (exact) mass is 278 g/mol. The molecule has 0 aromatic carbocycles. The Balaban J connectivity index is 2.14. The van der Waals surface area contributed by atoms with Crippen LogP contribution in [0.1, 0.15) is 24.7 Å². The molecule has 2 amide bonds. The summed E-state index contributed by atoms with van der Waals surface area (Å²) < 4.78 is 0. The van der Waals surface area contributed by atoms with Crippen molar-refractivity contribution in [2.45, 2.75) is 38.4 Å². The van der Waals surface area contributed by atoms with E-state index in [2.05, 4.69) is 21.9 Å². The van der Waals surface area contributed by atoms with Gasteiger partial charge in [-0.25, -0.2) is 14.6 Å². The first kappa shape index (κ1) is 14.1. The van der Waals surface area contributed by atoms with Crippen molar-refractivity contribution in [3.05, 3.63) is 30.4 Å². The van der Waals surface area contributed by atoms with Crippen LogP contribution in [0.3, 0.4) is 0 Å². The third kappa shape index (κ3) is 2.81. The highest BCUT2D eigenvalue weighted by molar-refractivity contribution is 5.83. The molecule has 20 heavy (non-hydrogen) atoms. The fourth-order valence-electron chi connectivity index (χ4n) is 2.27. The van der Waals surface area contributed by atoms with E-state index in [4.69, 9.17) is 0 Å². The number of rotatable bonds is 4. The minimum atomic E-state index is -1.02. The van der Waals surface area contributed by atoms with Crippen molar-refractivity contribution in [3.8, 4) is 0 Å². The number of nitrogens with one attached hydrogen (secondary N) is 2. The number of carboxylic acids is 1. The molecule has 1 aromatic heterocycles. The lowest BCUT2D eigenvalue weighted by Crippen LogP contribution is -2.53. The second-order valence-electron chi connectivity index (χ2n) is 4.89. The van der Waals surface area contributed by atoms with Crippen LogP contribution in [0, 0.1) is 0 Å². The highest BCUT2D eigenvalue weighted by Gasteiger charge is 2.36. The number of aliphatic carboxylic acids is 1. The summed E-state index contributed by atoms with van der Waals surface area (Å²) in [4.78, 5) is 31.9. The Morgan fingerprint density at radius 1 is 1.75 bits per heavy atom. The molecular formula is C13H18N4O3. The Bertz CT molecular complexity index is 525. The number of fused-ring (bicyclic) bond motifs is 1. The molecular weight excluding hydrogens is 260 g/mol. The standard InChI is InChI=1S/C13H18N4O3/c1-3-4-8(2)16-13(20)17-6-10-9(14-7-15-10)5-11(17)12(18)19/h3,7-8,11H,1,4-6H2,2H3,(H,14,15)(H,16,20)(H,18,19). The number of hydrogen-bond donors (Lipinski definition) is 3. The van der Waals surface area contributed by atoms with Gasteiger partial charge in [0, 0.05) is 12.5 Å². The summed E-state index contributed by atoms with van der Waals surface area (Å²) >= 11 is 0. The SMILES string of the molecule is C=CCC(C)NC(=O)N1Cc2[nH]cnc2CC1C(=O)O. The molecule has 2 unspecified atom stereocenters. The largest absolute Gasteiger partial charge is 0.480 e. The van der Waals surface area contributed by atoms with Crippen LogP contribution in [-0.4, -0.2) is 44.1 Å². The maximum atomic E-state index is 12.2. The summed E-state index contributed by atoms with van der Waals surface area (Å²) in [6.45, 7) is 5.68. The molecule has 0 saturated heterocycles. The van der Waals surface area contributed by atoms with Gasteiger partial charge in [-0.3, -0.25) is 0 Å². The number of H-pyrrole nitrogens is 1. The number of imidazole rings is 1. The Labute approximate surface area is 116 Å². The van der Waals surface area contributed by atoms with Crippen LogP contribution in [0.4, 0.5) is 4.79 Å². The number of amides is 2. The van der Waals surface area contributed by atoms with Crippen LogP contribution in [0.5, 0.6) is 0 Å². The molecule has 2 heterocycles. The van der Waals surface area contributed by atoms with E-state index in [9.17, 15) is 14.7 Å². The van der Waals surface area contributed by atoms with Crippen LogP contribution in [0.15, 0.2) is 19.0 Å². The van der Waals surface area contributed by atoms with Crippen LogP contribution in [0.2, 0.25) is 0 Å². The van der Waals surface area contributed by atoms with E-state index in [1.165, 1.54) is 11.2 Å². The normalized spacial score (nSPS) is 19.1. The van der Waals surface area contributed by atoms with Gasteiger partial charge in [-0.1, -0.05) is 6.08 Å². The predicted molar refractivity (Wildman–Crippen MR) is 72.1 cm³/mol. The molecule has 0 spiro atoms. The van der Waals surface area contributed by atoms with Gasteiger partial charge in [-0.05, 0) is 13.3 Å². The van der Waals surface area contributed by atoms with Gasteiger partial charge in [0.1, 0.15) is 6.04 Å². The van der Waals surface area contributed by atoms with Crippen LogP contribution in [-0.2, 0) is 17.8 Å². The van der Waals surface area contributed by atoms with E-state index >= 15 is 0 Å². The van der Waals surface area contributed by atoms with Crippen molar-refractivity contribution in [1.82, 2.24) is 20.2 Å². The molecule has 108 valence electrons. The fraction of sp³-hybridized carbons (Fsp3) is 0.462. The van der Waals surface area contributed by atoms with Gasteiger partial charge in [-0.15, -0.1) is 6.58 Å². The van der Waals surface area contributed by atoms with Crippen molar-refractivity contribution in [2.24, 2.45) is 0 Å². The molecule has 1 aliphatic heterocycles. The molecule has 2 atom stereocenters. The first-order valence-corrected chi connectivity index (χ1v) is 6.45. The van der Waals surface area contributed by atoms with E-state index in [0.29, 0.717) is 12.1 Å². The Morgan fingerprint density at radius 2 is 2.50 bits per heavy atom. The van der Waals surface area contributed by atoms with Crippen molar-refractivity contribution in [2.75, 3.05) is 0 Å². The van der Waals surface area contributed by atoms with E-state index in [1.807, 2.05) is 6.92 Å². The summed E-state index contributed by atoms with van der Waals surface area (Å²) in [5, 5.41) is 12.1. The van der Waals surface area contributed by atoms with Gasteiger partial charge in [0.05, 0.1) is 24.3 Å². The molecule has 7 nitrogen and oxygen atoms in total. The molecule has 0 aliphatic carbocycles. The van der Waals surface area contributed by atoms with Crippen LogP contribution < -0.4 is 5.32 Å². The molecule has 1 aromatic rings. The molecule has 1 aliphatic rings. The van der Waals surface area contributed by atoms with Crippen LogP contribution in [0.25, 0.3) is 0 Å². The molecule has 0 radical (unpaired) electrons. The number of carbonyl (C=O) groups excluding carboxylic acids is 1. The molecule has 0 saturated carbocycles. The van der Waals surface area contributed by atoms with Gasteiger partial charge in [0.25, 0.3) is 0 Å². The minimum Gasteiger partial charge on any atom is -0.480 e. The summed E-state index contributed by atoms with van der Waals surface area (Å²) in [6, 6.07) is -1.36. The number of aromatic amines is 1. The van der Waals surface area contributed by atoms with Gasteiger partial charge in [-0.2, -0.15) is 0 Å². The number of hydrogen-bond acceptors (Lipinski definition) is 3. The first-order chi connectivity index (χ1) is 9.52. The molecule has 0 bridgehead atoms. The van der Waals surface area contributed by atoms with Gasteiger partial charge in [0.15, 0.2) is 0 Å². The number of nitrogens with zero attached hydrogens (tertiary/aromatic N) is 2. The van der Waals surface area contributed by atoms with E-state index in [-0.39, 0.29) is 25.0 Å². The quantitative estimate of drug-likeness (QED) is 0.712. The zero-order valence-corrected chi connectivity index (χ0v) is 11.3. The first-order valence-electron chi connectivity index (χ1n) is 6.45. The fourth-order valence-corrected chi connectivity index (χ4v) is 2.27. The third-order valence-electron chi connectivity index (χ3n) is 3.33. The second-order valence-corrected chi connectivity index (χ2v) is 4.89. The Hall–Kier alpha value is -2.31. The molecule has 0 fully saturated rings. The number of carboxylic acid groups (broad SMARTS) is 1. The summed E-state index contributed by atoms with van der Waals surface area (Å²) in [7, 11) is 0. The third-order valence-corrected chi connectivity index (χ3v) is 3.33.